The number of aryl methyl sites for hydroxylation is 1. The monoisotopic (exact) mass is 188 g/mol. The third kappa shape index (κ3) is 1.52. The van der Waals surface area contributed by atoms with Crippen molar-refractivity contribution in [3.63, 3.8) is 0 Å². The maximum atomic E-state index is 10.6. The fraction of sp³-hybridized carbons (Fsp3) is 0.111. The summed E-state index contributed by atoms with van der Waals surface area (Å²) in [4.78, 5) is 14.6. The molecule has 0 unspecified atom stereocenters. The lowest BCUT2D eigenvalue weighted by Crippen LogP contribution is -1.96. The molecule has 0 saturated heterocycles. The second-order valence-electron chi connectivity index (χ2n) is 2.88. The molecule has 5 nitrogen and oxygen atoms in total. The summed E-state index contributed by atoms with van der Waals surface area (Å²) in [5.41, 5.74) is 2.04. The Bertz CT molecular complexity index is 450. The summed E-state index contributed by atoms with van der Waals surface area (Å²) in [6.07, 6.45) is 3.87. The average Bonchev–Trinajstić information content (AvgIpc) is 2.69. The first-order valence-electron chi connectivity index (χ1n) is 4.08. The van der Waals surface area contributed by atoms with Gasteiger partial charge in [-0.15, -0.1) is 10.2 Å². The van der Waals surface area contributed by atoms with Crippen LogP contribution in [-0.4, -0.2) is 26.0 Å². The van der Waals surface area contributed by atoms with E-state index in [1.54, 1.807) is 23.3 Å². The normalized spacial score (nSPS) is 10.1. The van der Waals surface area contributed by atoms with Crippen LogP contribution in [0.3, 0.4) is 0 Å². The highest BCUT2D eigenvalue weighted by Gasteiger charge is 2.00. The van der Waals surface area contributed by atoms with Crippen LogP contribution in [0.4, 0.5) is 0 Å². The van der Waals surface area contributed by atoms with Gasteiger partial charge in [-0.25, -0.2) is 0 Å². The lowest BCUT2D eigenvalue weighted by atomic mass is 10.3. The molecule has 70 valence electrons. The van der Waals surface area contributed by atoms with Gasteiger partial charge in [0.1, 0.15) is 18.3 Å². The van der Waals surface area contributed by atoms with Crippen LogP contribution < -0.4 is 0 Å². The molecule has 2 heterocycles. The maximum absolute atomic E-state index is 10.6. The minimum atomic E-state index is 0.411. The fourth-order valence-electron chi connectivity index (χ4n) is 1.22. The van der Waals surface area contributed by atoms with E-state index in [1.807, 2.05) is 13.0 Å². The van der Waals surface area contributed by atoms with Gasteiger partial charge >= 0.3 is 0 Å². The third-order valence-electron chi connectivity index (χ3n) is 1.80. The Morgan fingerprint density at radius 1 is 1.29 bits per heavy atom. The first-order valence-corrected chi connectivity index (χ1v) is 4.08. The molecule has 0 aliphatic rings. The Labute approximate surface area is 80.4 Å². The van der Waals surface area contributed by atoms with Crippen LogP contribution >= 0.6 is 0 Å². The van der Waals surface area contributed by atoms with Gasteiger partial charge in [-0.3, -0.25) is 14.3 Å². The van der Waals surface area contributed by atoms with Crippen LogP contribution in [0.2, 0.25) is 0 Å². The highest BCUT2D eigenvalue weighted by atomic mass is 16.1. The first kappa shape index (κ1) is 8.55. The molecule has 0 spiro atoms. The molecule has 2 aromatic heterocycles. The molecule has 0 amide bonds. The molecular weight excluding hydrogens is 180 g/mol. The van der Waals surface area contributed by atoms with Crippen LogP contribution in [0.25, 0.3) is 5.69 Å². The zero-order valence-corrected chi connectivity index (χ0v) is 7.58. The summed E-state index contributed by atoms with van der Waals surface area (Å²) < 4.78 is 1.72. The summed E-state index contributed by atoms with van der Waals surface area (Å²) >= 11 is 0. The SMILES string of the molecule is Cc1cc(-n2cnnc2)cc(C=O)n1. The average molecular weight is 188 g/mol. The summed E-state index contributed by atoms with van der Waals surface area (Å²) in [5.74, 6) is 0. The van der Waals surface area contributed by atoms with Gasteiger partial charge in [0.15, 0.2) is 6.29 Å². The maximum Gasteiger partial charge on any atom is 0.168 e. The van der Waals surface area contributed by atoms with Gasteiger partial charge in [-0.05, 0) is 19.1 Å². The van der Waals surface area contributed by atoms with E-state index in [0.717, 1.165) is 17.7 Å². The molecule has 0 N–H and O–H groups in total. The molecule has 0 saturated carbocycles. The molecule has 0 atom stereocenters. The lowest BCUT2D eigenvalue weighted by Gasteiger charge is -2.02. The number of hydrogen-bond acceptors (Lipinski definition) is 4. The lowest BCUT2D eigenvalue weighted by molar-refractivity contribution is 0.111. The zero-order valence-electron chi connectivity index (χ0n) is 7.58. The standard InChI is InChI=1S/C9H8N4O/c1-7-2-9(3-8(4-14)12-7)13-5-10-11-6-13/h2-6H,1H3. The highest BCUT2D eigenvalue weighted by molar-refractivity contribution is 5.73. The topological polar surface area (TPSA) is 60.7 Å². The van der Waals surface area contributed by atoms with Crippen LogP contribution in [0, 0.1) is 6.92 Å². The Kier molecular flexibility index (Phi) is 2.06. The molecule has 14 heavy (non-hydrogen) atoms. The predicted molar refractivity (Wildman–Crippen MR) is 49.3 cm³/mol. The molecule has 0 radical (unpaired) electrons. The van der Waals surface area contributed by atoms with Crippen LogP contribution in [-0.2, 0) is 0 Å². The molecule has 0 fully saturated rings. The van der Waals surface area contributed by atoms with Crippen molar-refractivity contribution in [1.29, 1.82) is 0 Å². The first-order chi connectivity index (χ1) is 6.79. The molecule has 0 aromatic carbocycles. The van der Waals surface area contributed by atoms with E-state index in [1.165, 1.54) is 0 Å². The van der Waals surface area contributed by atoms with E-state index in [2.05, 4.69) is 15.2 Å². The van der Waals surface area contributed by atoms with E-state index in [9.17, 15) is 4.79 Å². The zero-order chi connectivity index (χ0) is 9.97. The highest BCUT2D eigenvalue weighted by Crippen LogP contribution is 2.08. The third-order valence-corrected chi connectivity index (χ3v) is 1.80. The predicted octanol–water partition coefficient (Wildman–Crippen LogP) is 0.783. The van der Waals surface area contributed by atoms with E-state index >= 15 is 0 Å². The fourth-order valence-corrected chi connectivity index (χ4v) is 1.22. The largest absolute Gasteiger partial charge is 0.296 e. The van der Waals surface area contributed by atoms with Gasteiger partial charge < -0.3 is 0 Å². The molecular formula is C9H8N4O. The molecule has 2 rings (SSSR count). The smallest absolute Gasteiger partial charge is 0.168 e. The van der Waals surface area contributed by atoms with E-state index in [-0.39, 0.29) is 0 Å². The van der Waals surface area contributed by atoms with E-state index in [4.69, 9.17) is 0 Å². The number of aldehydes is 1. The van der Waals surface area contributed by atoms with E-state index in [0.29, 0.717) is 5.69 Å². The number of carbonyl (C=O) groups excluding carboxylic acids is 1. The molecule has 0 bridgehead atoms. The number of carbonyl (C=O) groups is 1. The van der Waals surface area contributed by atoms with Gasteiger partial charge in [0.05, 0.1) is 5.69 Å². The van der Waals surface area contributed by atoms with Gasteiger partial charge in [0, 0.05) is 5.69 Å². The minimum Gasteiger partial charge on any atom is -0.296 e. The second-order valence-corrected chi connectivity index (χ2v) is 2.88. The molecule has 0 aliphatic carbocycles. The van der Waals surface area contributed by atoms with Gasteiger partial charge in [0.25, 0.3) is 0 Å². The second kappa shape index (κ2) is 3.37. The van der Waals surface area contributed by atoms with Gasteiger partial charge in [0.2, 0.25) is 0 Å². The summed E-state index contributed by atoms with van der Waals surface area (Å²) in [5, 5.41) is 7.38. The summed E-state index contributed by atoms with van der Waals surface area (Å²) in [6.45, 7) is 1.83. The summed E-state index contributed by atoms with van der Waals surface area (Å²) in [7, 11) is 0. The van der Waals surface area contributed by atoms with Crippen LogP contribution in [0.5, 0.6) is 0 Å². The van der Waals surface area contributed by atoms with Crippen molar-refractivity contribution in [3.05, 3.63) is 36.2 Å². The Hall–Kier alpha value is -2.04. The van der Waals surface area contributed by atoms with Crippen molar-refractivity contribution in [2.45, 2.75) is 6.92 Å². The Balaban J connectivity index is 2.54. The number of nitrogens with zero attached hydrogens (tertiary/aromatic N) is 4. The number of pyridine rings is 1. The van der Waals surface area contributed by atoms with Crippen LogP contribution in [0.1, 0.15) is 16.2 Å². The summed E-state index contributed by atoms with van der Waals surface area (Å²) in [6, 6.07) is 3.54. The number of aromatic nitrogens is 4. The Morgan fingerprint density at radius 2 is 2.00 bits per heavy atom. The Morgan fingerprint density at radius 3 is 2.64 bits per heavy atom. The quantitative estimate of drug-likeness (QED) is 0.653. The van der Waals surface area contributed by atoms with Crippen molar-refractivity contribution < 1.29 is 4.79 Å². The van der Waals surface area contributed by atoms with Crippen molar-refractivity contribution in [2.75, 3.05) is 0 Å². The molecule has 5 heteroatoms. The van der Waals surface area contributed by atoms with E-state index < -0.39 is 0 Å². The number of hydrogen-bond donors (Lipinski definition) is 0. The molecule has 0 aliphatic heterocycles. The molecule has 2 aromatic rings. The van der Waals surface area contributed by atoms with Gasteiger partial charge in [-0.2, -0.15) is 0 Å². The van der Waals surface area contributed by atoms with Crippen LogP contribution in [0.15, 0.2) is 24.8 Å². The van der Waals surface area contributed by atoms with Crippen molar-refractivity contribution in [1.82, 2.24) is 19.7 Å². The number of rotatable bonds is 2. The van der Waals surface area contributed by atoms with Gasteiger partial charge in [-0.1, -0.05) is 0 Å². The van der Waals surface area contributed by atoms with Crippen molar-refractivity contribution in [3.8, 4) is 5.69 Å². The van der Waals surface area contributed by atoms with Crippen molar-refractivity contribution in [2.24, 2.45) is 0 Å². The minimum absolute atomic E-state index is 0.411. The van der Waals surface area contributed by atoms with Crippen molar-refractivity contribution >= 4 is 6.29 Å².